The highest BCUT2D eigenvalue weighted by Crippen LogP contribution is 2.33. The molecule has 1 aliphatic heterocycles. The van der Waals surface area contributed by atoms with Crippen LogP contribution in [0.1, 0.15) is 11.1 Å². The number of urea groups is 1. The lowest BCUT2D eigenvalue weighted by Gasteiger charge is -2.29. The number of rotatable bonds is 3. The first-order valence-corrected chi connectivity index (χ1v) is 7.55. The number of aromatic nitrogens is 2. The number of nitrogens with one attached hydrogen (secondary N) is 1. The van der Waals surface area contributed by atoms with Crippen LogP contribution in [0.15, 0.2) is 18.3 Å². The van der Waals surface area contributed by atoms with E-state index >= 15 is 0 Å². The molecule has 0 radical (unpaired) electrons. The molecule has 0 aliphatic carbocycles. The smallest absolute Gasteiger partial charge is 0.322 e. The number of carbonyl (C=O) groups is 1. The Morgan fingerprint density at radius 2 is 2.00 bits per heavy atom. The molecule has 0 saturated heterocycles. The molecule has 22 heavy (non-hydrogen) atoms. The second-order valence-corrected chi connectivity index (χ2v) is 5.65. The summed E-state index contributed by atoms with van der Waals surface area (Å²) in [5.41, 5.74) is 2.25. The molecule has 2 heterocycles. The molecule has 0 unspecified atom stereocenters. The third kappa shape index (κ3) is 2.82. The van der Waals surface area contributed by atoms with Crippen LogP contribution >= 0.6 is 11.5 Å². The van der Waals surface area contributed by atoms with Crippen LogP contribution in [0, 0.1) is 0 Å². The first-order valence-electron chi connectivity index (χ1n) is 6.78. The topological polar surface area (TPSA) is 76.6 Å². The van der Waals surface area contributed by atoms with Crippen molar-refractivity contribution in [1.82, 2.24) is 14.5 Å². The van der Waals surface area contributed by atoms with Crippen LogP contribution in [0.2, 0.25) is 0 Å². The monoisotopic (exact) mass is 320 g/mol. The van der Waals surface area contributed by atoms with Crippen molar-refractivity contribution in [3.63, 3.8) is 0 Å². The fourth-order valence-corrected chi connectivity index (χ4v) is 2.87. The van der Waals surface area contributed by atoms with Crippen molar-refractivity contribution in [2.45, 2.75) is 13.0 Å². The summed E-state index contributed by atoms with van der Waals surface area (Å²) >= 11 is 1.16. The van der Waals surface area contributed by atoms with Gasteiger partial charge in [0.15, 0.2) is 11.5 Å². The van der Waals surface area contributed by atoms with E-state index in [0.717, 1.165) is 29.3 Å². The summed E-state index contributed by atoms with van der Waals surface area (Å²) in [5, 5.41) is 7.14. The molecule has 0 fully saturated rings. The van der Waals surface area contributed by atoms with Crippen molar-refractivity contribution in [3.05, 3.63) is 29.5 Å². The molecule has 2 aromatic rings. The molecule has 8 heteroatoms. The minimum Gasteiger partial charge on any atom is -0.493 e. The Morgan fingerprint density at radius 1 is 1.27 bits per heavy atom. The molecular formula is C14H16N4O3S. The lowest BCUT2D eigenvalue weighted by molar-refractivity contribution is 0.206. The van der Waals surface area contributed by atoms with Crippen LogP contribution in [-0.2, 0) is 13.0 Å². The van der Waals surface area contributed by atoms with E-state index in [-0.39, 0.29) is 6.03 Å². The highest BCUT2D eigenvalue weighted by molar-refractivity contribution is 7.10. The molecule has 0 atom stereocenters. The number of hydrogen-bond donors (Lipinski definition) is 1. The first kappa shape index (κ1) is 14.6. The van der Waals surface area contributed by atoms with Crippen molar-refractivity contribution in [2.24, 2.45) is 0 Å². The number of methoxy groups -OCH3 is 2. The molecule has 0 saturated carbocycles. The normalized spacial score (nSPS) is 13.5. The van der Waals surface area contributed by atoms with Crippen molar-refractivity contribution >= 4 is 22.6 Å². The number of fused-ring (bicyclic) bond motifs is 1. The van der Waals surface area contributed by atoms with Gasteiger partial charge in [-0.15, -0.1) is 5.10 Å². The van der Waals surface area contributed by atoms with Crippen molar-refractivity contribution < 1.29 is 14.3 Å². The summed E-state index contributed by atoms with van der Waals surface area (Å²) in [6, 6.07) is 3.77. The number of amides is 2. The summed E-state index contributed by atoms with van der Waals surface area (Å²) < 4.78 is 14.4. The number of anilines is 1. The van der Waals surface area contributed by atoms with Crippen molar-refractivity contribution in [2.75, 3.05) is 26.1 Å². The molecule has 0 bridgehead atoms. The molecule has 1 aromatic carbocycles. The summed E-state index contributed by atoms with van der Waals surface area (Å²) in [4.78, 5) is 14.0. The van der Waals surface area contributed by atoms with Gasteiger partial charge in [-0.25, -0.2) is 4.79 Å². The molecule has 1 aromatic heterocycles. The van der Waals surface area contributed by atoms with Gasteiger partial charge in [-0.1, -0.05) is 4.49 Å². The van der Waals surface area contributed by atoms with E-state index in [2.05, 4.69) is 14.9 Å². The van der Waals surface area contributed by atoms with Gasteiger partial charge in [-0.3, -0.25) is 5.32 Å². The zero-order chi connectivity index (χ0) is 15.5. The Balaban J connectivity index is 1.76. The summed E-state index contributed by atoms with van der Waals surface area (Å²) in [6.45, 7) is 1.19. The average Bonchev–Trinajstić information content (AvgIpc) is 3.05. The molecule has 0 spiro atoms. The Bertz CT molecular complexity index is 675. The van der Waals surface area contributed by atoms with Gasteiger partial charge in [0.05, 0.1) is 20.4 Å². The van der Waals surface area contributed by atoms with E-state index in [1.54, 1.807) is 19.1 Å². The lowest BCUT2D eigenvalue weighted by Crippen LogP contribution is -2.38. The molecule has 7 nitrogen and oxygen atoms in total. The van der Waals surface area contributed by atoms with Gasteiger partial charge >= 0.3 is 6.03 Å². The van der Waals surface area contributed by atoms with Crippen LogP contribution in [0.4, 0.5) is 9.80 Å². The lowest BCUT2D eigenvalue weighted by atomic mass is 9.99. The van der Waals surface area contributed by atoms with E-state index in [1.165, 1.54) is 11.8 Å². The van der Waals surface area contributed by atoms with Crippen LogP contribution in [0.25, 0.3) is 0 Å². The van der Waals surface area contributed by atoms with E-state index in [0.29, 0.717) is 23.8 Å². The molecular weight excluding hydrogens is 304 g/mol. The second kappa shape index (κ2) is 6.18. The minimum absolute atomic E-state index is 0.147. The predicted molar refractivity (Wildman–Crippen MR) is 82.6 cm³/mol. The zero-order valence-electron chi connectivity index (χ0n) is 12.3. The van der Waals surface area contributed by atoms with Crippen molar-refractivity contribution in [1.29, 1.82) is 0 Å². The van der Waals surface area contributed by atoms with E-state index in [1.807, 2.05) is 12.1 Å². The van der Waals surface area contributed by atoms with Gasteiger partial charge in [-0.05, 0) is 29.7 Å². The van der Waals surface area contributed by atoms with E-state index < -0.39 is 0 Å². The molecule has 3 rings (SSSR count). The number of carbonyl (C=O) groups excluding carboxylic acids is 1. The average molecular weight is 320 g/mol. The minimum atomic E-state index is -0.147. The summed E-state index contributed by atoms with van der Waals surface area (Å²) in [5.74, 6) is 1.39. The van der Waals surface area contributed by atoms with Crippen LogP contribution in [0.3, 0.4) is 0 Å². The number of ether oxygens (including phenoxy) is 2. The molecule has 1 aliphatic rings. The Labute approximate surface area is 132 Å². The Hall–Kier alpha value is -2.35. The third-order valence-electron chi connectivity index (χ3n) is 3.60. The largest absolute Gasteiger partial charge is 0.493 e. The van der Waals surface area contributed by atoms with Gasteiger partial charge in [0.1, 0.15) is 5.00 Å². The van der Waals surface area contributed by atoms with Crippen LogP contribution in [0.5, 0.6) is 11.5 Å². The summed E-state index contributed by atoms with van der Waals surface area (Å²) in [7, 11) is 3.23. The third-order valence-corrected chi connectivity index (χ3v) is 4.18. The van der Waals surface area contributed by atoms with Gasteiger partial charge < -0.3 is 14.4 Å². The predicted octanol–water partition coefficient (Wildman–Crippen LogP) is 2.15. The molecule has 1 N–H and O–H groups in total. The van der Waals surface area contributed by atoms with E-state index in [4.69, 9.17) is 9.47 Å². The maximum atomic E-state index is 12.3. The maximum Gasteiger partial charge on any atom is 0.322 e. The quantitative estimate of drug-likeness (QED) is 0.937. The Morgan fingerprint density at radius 3 is 2.64 bits per heavy atom. The molecule has 116 valence electrons. The fraction of sp³-hybridized carbons (Fsp3) is 0.357. The summed E-state index contributed by atoms with van der Waals surface area (Å²) in [6.07, 6.45) is 2.32. The standard InChI is InChI=1S/C14H16N4O3S/c1-20-11-5-9-3-4-18(8-10(9)6-12(11)21-2)14(19)16-13-7-15-17-22-13/h5-7H,3-4,8H2,1-2H3,(H,16,19). The number of nitrogens with zero attached hydrogens (tertiary/aromatic N) is 3. The number of hydrogen-bond acceptors (Lipinski definition) is 6. The Kier molecular flexibility index (Phi) is 4.10. The highest BCUT2D eigenvalue weighted by Gasteiger charge is 2.23. The van der Waals surface area contributed by atoms with Crippen LogP contribution in [-0.4, -0.2) is 41.3 Å². The van der Waals surface area contributed by atoms with Gasteiger partial charge in [0, 0.05) is 24.6 Å². The van der Waals surface area contributed by atoms with E-state index in [9.17, 15) is 4.79 Å². The highest BCUT2D eigenvalue weighted by atomic mass is 32.1. The number of benzene rings is 1. The zero-order valence-corrected chi connectivity index (χ0v) is 13.1. The first-order chi connectivity index (χ1) is 10.7. The molecule has 2 amide bonds. The fourth-order valence-electron chi connectivity index (χ4n) is 2.46. The maximum absolute atomic E-state index is 12.3. The van der Waals surface area contributed by atoms with Gasteiger partial charge in [-0.2, -0.15) is 0 Å². The van der Waals surface area contributed by atoms with Gasteiger partial charge in [0.2, 0.25) is 0 Å². The second-order valence-electron chi connectivity index (χ2n) is 4.86. The van der Waals surface area contributed by atoms with Gasteiger partial charge in [0.25, 0.3) is 0 Å². The SMILES string of the molecule is COc1cc2c(cc1OC)CN(C(=O)Nc1cnns1)CC2. The van der Waals surface area contributed by atoms with Crippen LogP contribution < -0.4 is 14.8 Å². The van der Waals surface area contributed by atoms with Crippen molar-refractivity contribution in [3.8, 4) is 11.5 Å².